The van der Waals surface area contributed by atoms with Crippen LogP contribution in [0.3, 0.4) is 0 Å². The number of unbranched alkanes of at least 4 members (excludes halogenated alkanes) is 3. The van der Waals surface area contributed by atoms with Gasteiger partial charge < -0.3 is 4.74 Å². The number of carbonyl (C=O) groups is 1. The molecule has 1 unspecified atom stereocenters. The molecule has 1 saturated heterocycles. The smallest absolute Gasteiger partial charge is 0.414 e. The third-order valence-electron chi connectivity index (χ3n) is 3.28. The normalized spacial score (nSPS) is 19.3. The van der Waals surface area contributed by atoms with Crippen LogP contribution in [0.2, 0.25) is 0 Å². The number of amides is 1. The van der Waals surface area contributed by atoms with Gasteiger partial charge in [-0.05, 0) is 25.8 Å². The minimum absolute atomic E-state index is 0.0783. The van der Waals surface area contributed by atoms with Gasteiger partial charge in [0.25, 0.3) is 0 Å². The zero-order chi connectivity index (χ0) is 13.0. The van der Waals surface area contributed by atoms with Gasteiger partial charge in [-0.3, -0.25) is 4.90 Å². The first-order valence-electron chi connectivity index (χ1n) is 6.74. The van der Waals surface area contributed by atoms with Gasteiger partial charge in [-0.15, -0.1) is 11.3 Å². The standard InChI is InChI=1S/C14H21NO2S/c1-3-4-5-6-7-13-9-15(14(16)17-13)12-8-11(2)18-10-12/h8,10,13H,3-7,9H2,1-2H3. The van der Waals surface area contributed by atoms with E-state index in [2.05, 4.69) is 13.8 Å². The molecule has 0 bridgehead atoms. The summed E-state index contributed by atoms with van der Waals surface area (Å²) >= 11 is 1.67. The molecule has 0 aliphatic carbocycles. The molecule has 1 aromatic rings. The number of hydrogen-bond donors (Lipinski definition) is 0. The van der Waals surface area contributed by atoms with Crippen LogP contribution in [0, 0.1) is 6.92 Å². The molecule has 1 aliphatic heterocycles. The molecule has 18 heavy (non-hydrogen) atoms. The number of carbonyl (C=O) groups excluding carboxylic acids is 1. The number of nitrogens with zero attached hydrogens (tertiary/aromatic N) is 1. The Kier molecular flexibility index (Phi) is 4.64. The highest BCUT2D eigenvalue weighted by molar-refractivity contribution is 7.10. The monoisotopic (exact) mass is 267 g/mol. The van der Waals surface area contributed by atoms with Gasteiger partial charge in [0.1, 0.15) is 6.10 Å². The Morgan fingerprint density at radius 3 is 2.94 bits per heavy atom. The molecule has 1 aliphatic rings. The van der Waals surface area contributed by atoms with Crippen molar-refractivity contribution in [3.05, 3.63) is 16.3 Å². The van der Waals surface area contributed by atoms with E-state index in [-0.39, 0.29) is 12.2 Å². The van der Waals surface area contributed by atoms with Crippen LogP contribution in [0.15, 0.2) is 11.4 Å². The SMILES string of the molecule is CCCCCCC1CN(c2csc(C)c2)C(=O)O1. The number of thiophene rings is 1. The summed E-state index contributed by atoms with van der Waals surface area (Å²) in [7, 11) is 0. The Bertz CT molecular complexity index is 402. The molecular formula is C14H21NO2S. The molecule has 4 heteroatoms. The van der Waals surface area contributed by atoms with E-state index < -0.39 is 0 Å². The predicted molar refractivity (Wildman–Crippen MR) is 75.4 cm³/mol. The molecule has 3 nitrogen and oxygen atoms in total. The number of ether oxygens (including phenoxy) is 1. The van der Waals surface area contributed by atoms with E-state index >= 15 is 0 Å². The maximum Gasteiger partial charge on any atom is 0.414 e. The number of cyclic esters (lactones) is 1. The largest absolute Gasteiger partial charge is 0.444 e. The first-order chi connectivity index (χ1) is 8.70. The van der Waals surface area contributed by atoms with E-state index in [0.717, 1.165) is 18.5 Å². The summed E-state index contributed by atoms with van der Waals surface area (Å²) in [5, 5.41) is 2.02. The number of hydrogen-bond acceptors (Lipinski definition) is 3. The number of rotatable bonds is 6. The molecular weight excluding hydrogens is 246 g/mol. The first kappa shape index (κ1) is 13.4. The molecule has 2 heterocycles. The zero-order valence-corrected chi connectivity index (χ0v) is 12.0. The highest BCUT2D eigenvalue weighted by atomic mass is 32.1. The van der Waals surface area contributed by atoms with Crippen molar-refractivity contribution in [2.75, 3.05) is 11.4 Å². The van der Waals surface area contributed by atoms with Crippen molar-refractivity contribution < 1.29 is 9.53 Å². The Labute approximate surface area is 113 Å². The fourth-order valence-electron chi connectivity index (χ4n) is 2.25. The van der Waals surface area contributed by atoms with E-state index in [1.54, 1.807) is 16.2 Å². The van der Waals surface area contributed by atoms with Gasteiger partial charge in [0.05, 0.1) is 12.2 Å². The van der Waals surface area contributed by atoms with Gasteiger partial charge >= 0.3 is 6.09 Å². The molecule has 1 aromatic heterocycles. The van der Waals surface area contributed by atoms with Crippen LogP contribution in [0.1, 0.15) is 43.9 Å². The summed E-state index contributed by atoms with van der Waals surface area (Å²) in [6, 6.07) is 2.05. The van der Waals surface area contributed by atoms with Crippen LogP contribution in [0.4, 0.5) is 10.5 Å². The van der Waals surface area contributed by atoms with Crippen LogP contribution in [0.25, 0.3) is 0 Å². The van der Waals surface area contributed by atoms with Crippen molar-refractivity contribution in [2.24, 2.45) is 0 Å². The second kappa shape index (κ2) is 6.23. The van der Waals surface area contributed by atoms with Crippen LogP contribution in [0.5, 0.6) is 0 Å². The molecule has 0 spiro atoms. The summed E-state index contributed by atoms with van der Waals surface area (Å²) in [6.07, 6.45) is 5.79. The lowest BCUT2D eigenvalue weighted by molar-refractivity contribution is 0.135. The Balaban J connectivity index is 1.83. The topological polar surface area (TPSA) is 29.5 Å². The molecule has 0 radical (unpaired) electrons. The van der Waals surface area contributed by atoms with Crippen molar-refractivity contribution in [1.29, 1.82) is 0 Å². The van der Waals surface area contributed by atoms with Crippen molar-refractivity contribution in [2.45, 2.75) is 52.1 Å². The van der Waals surface area contributed by atoms with E-state index in [0.29, 0.717) is 6.54 Å². The van der Waals surface area contributed by atoms with E-state index in [1.165, 1.54) is 24.1 Å². The van der Waals surface area contributed by atoms with Gasteiger partial charge in [0.2, 0.25) is 0 Å². The van der Waals surface area contributed by atoms with Gasteiger partial charge in [-0.2, -0.15) is 0 Å². The van der Waals surface area contributed by atoms with Crippen LogP contribution >= 0.6 is 11.3 Å². The second-order valence-corrected chi connectivity index (χ2v) is 6.00. The summed E-state index contributed by atoms with van der Waals surface area (Å²) in [4.78, 5) is 14.8. The predicted octanol–water partition coefficient (Wildman–Crippen LogP) is 4.35. The van der Waals surface area contributed by atoms with E-state index in [1.807, 2.05) is 11.4 Å². The van der Waals surface area contributed by atoms with Crippen LogP contribution in [-0.4, -0.2) is 18.7 Å². The number of anilines is 1. The van der Waals surface area contributed by atoms with Gasteiger partial charge in [-0.25, -0.2) is 4.79 Å². The maximum absolute atomic E-state index is 11.8. The van der Waals surface area contributed by atoms with Crippen LogP contribution < -0.4 is 4.90 Å². The van der Waals surface area contributed by atoms with Crippen molar-refractivity contribution in [1.82, 2.24) is 0 Å². The highest BCUT2D eigenvalue weighted by Gasteiger charge is 2.32. The van der Waals surface area contributed by atoms with Crippen LogP contribution in [-0.2, 0) is 4.74 Å². The fraction of sp³-hybridized carbons (Fsp3) is 0.643. The summed E-state index contributed by atoms with van der Waals surface area (Å²) in [5.41, 5.74) is 0.985. The molecule has 2 rings (SSSR count). The number of aryl methyl sites for hydroxylation is 1. The average molecular weight is 267 g/mol. The third kappa shape index (κ3) is 3.25. The van der Waals surface area contributed by atoms with Crippen molar-refractivity contribution in [3.8, 4) is 0 Å². The Hall–Kier alpha value is -1.03. The Morgan fingerprint density at radius 1 is 1.44 bits per heavy atom. The molecule has 1 fully saturated rings. The van der Waals surface area contributed by atoms with Gasteiger partial charge in [0, 0.05) is 10.3 Å². The molecule has 100 valence electrons. The first-order valence-corrected chi connectivity index (χ1v) is 7.62. The second-order valence-electron chi connectivity index (χ2n) is 4.88. The van der Waals surface area contributed by atoms with Gasteiger partial charge in [-0.1, -0.05) is 26.2 Å². The molecule has 0 saturated carbocycles. The minimum Gasteiger partial charge on any atom is -0.444 e. The van der Waals surface area contributed by atoms with Gasteiger partial charge in [0.15, 0.2) is 0 Å². The maximum atomic E-state index is 11.8. The lowest BCUT2D eigenvalue weighted by Gasteiger charge is -2.10. The molecule has 0 aromatic carbocycles. The zero-order valence-electron chi connectivity index (χ0n) is 11.1. The molecule has 1 atom stereocenters. The van der Waals surface area contributed by atoms with Crippen molar-refractivity contribution in [3.63, 3.8) is 0 Å². The van der Waals surface area contributed by atoms with E-state index in [4.69, 9.17) is 4.74 Å². The fourth-order valence-corrected chi connectivity index (χ4v) is 2.94. The van der Waals surface area contributed by atoms with Crippen molar-refractivity contribution >= 4 is 23.1 Å². The lowest BCUT2D eigenvalue weighted by atomic mass is 10.1. The summed E-state index contributed by atoms with van der Waals surface area (Å²) in [5.74, 6) is 0. The highest BCUT2D eigenvalue weighted by Crippen LogP contribution is 2.28. The van der Waals surface area contributed by atoms with E-state index in [9.17, 15) is 4.79 Å². The minimum atomic E-state index is -0.187. The molecule has 0 N–H and O–H groups in total. The molecule has 1 amide bonds. The third-order valence-corrected chi connectivity index (χ3v) is 4.13. The summed E-state index contributed by atoms with van der Waals surface area (Å²) < 4.78 is 5.41. The lowest BCUT2D eigenvalue weighted by Crippen LogP contribution is -2.23. The average Bonchev–Trinajstić information content (AvgIpc) is 2.91. The quantitative estimate of drug-likeness (QED) is 0.717. The Morgan fingerprint density at radius 2 is 2.28 bits per heavy atom. The summed E-state index contributed by atoms with van der Waals surface area (Å²) in [6.45, 7) is 4.97.